The first kappa shape index (κ1) is 12.4. The lowest BCUT2D eigenvalue weighted by Gasteiger charge is -2.22. The highest BCUT2D eigenvalue weighted by atomic mass is 32.9. The number of hydrogen-bond donors (Lipinski definition) is 0. The minimum absolute atomic E-state index is 0.106. The van der Waals surface area contributed by atoms with Gasteiger partial charge in [-0.05, 0) is 6.42 Å². The second kappa shape index (κ2) is 3.98. The summed E-state index contributed by atoms with van der Waals surface area (Å²) in [5, 5.41) is 0.106. The van der Waals surface area contributed by atoms with Crippen LogP contribution in [0.3, 0.4) is 0 Å². The van der Waals surface area contributed by atoms with E-state index in [1.807, 2.05) is 0 Å². The molecule has 3 nitrogen and oxygen atoms in total. The summed E-state index contributed by atoms with van der Waals surface area (Å²) in [7, 11) is -2.86. The van der Waals surface area contributed by atoms with E-state index in [1.54, 1.807) is 11.4 Å². The van der Waals surface area contributed by atoms with Crippen molar-refractivity contribution in [2.75, 3.05) is 11.5 Å². The third-order valence-corrected chi connectivity index (χ3v) is 13.0. The lowest BCUT2D eigenvalue weighted by molar-refractivity contribution is 0.272. The van der Waals surface area contributed by atoms with Gasteiger partial charge in [-0.3, -0.25) is 0 Å². The molecule has 15 heavy (non-hydrogen) atoms. The van der Waals surface area contributed by atoms with Crippen molar-refractivity contribution in [3.63, 3.8) is 0 Å². The summed E-state index contributed by atoms with van der Waals surface area (Å²) in [6.45, 7) is 4.22. The molecule has 2 aliphatic heterocycles. The van der Waals surface area contributed by atoms with Crippen molar-refractivity contribution >= 4 is 38.5 Å². The van der Waals surface area contributed by atoms with Gasteiger partial charge in [0.15, 0.2) is 9.84 Å². The summed E-state index contributed by atoms with van der Waals surface area (Å²) in [5.41, 5.74) is -1.42. The van der Waals surface area contributed by atoms with E-state index in [2.05, 4.69) is 13.8 Å². The van der Waals surface area contributed by atoms with Crippen LogP contribution in [0.25, 0.3) is 0 Å². The number of fused-ring (bicyclic) bond motifs is 1. The molecule has 2 heterocycles. The first-order valence-corrected chi connectivity index (χ1v) is 11.1. The Morgan fingerprint density at radius 2 is 2.27 bits per heavy atom. The summed E-state index contributed by atoms with van der Waals surface area (Å²) in [6, 6.07) is 0. The van der Waals surface area contributed by atoms with Gasteiger partial charge in [0.2, 0.25) is 0 Å². The minimum atomic E-state index is -2.86. The molecule has 4 unspecified atom stereocenters. The molecule has 0 aromatic heterocycles. The Kier molecular flexibility index (Phi) is 3.29. The normalized spacial score (nSPS) is 45.2. The SMILES string of the molecule is CCC(C)P1(=S)OC2CS(=O)(=O)CC2S1. The van der Waals surface area contributed by atoms with Crippen molar-refractivity contribution in [3.05, 3.63) is 0 Å². The lowest BCUT2D eigenvalue weighted by Crippen LogP contribution is -2.16. The largest absolute Gasteiger partial charge is 0.336 e. The summed E-state index contributed by atoms with van der Waals surface area (Å²) in [4.78, 5) is 0. The van der Waals surface area contributed by atoms with Crippen LogP contribution in [-0.4, -0.2) is 36.9 Å². The number of rotatable bonds is 2. The summed E-state index contributed by atoms with van der Waals surface area (Å²) < 4.78 is 28.6. The molecule has 0 radical (unpaired) electrons. The standard InChI is InChI=1S/C8H15O3PS3/c1-3-6(2)12(13)11-7-4-15(9,10)5-8(7)14-12/h6-8H,3-5H2,1-2H3. The van der Waals surface area contributed by atoms with Crippen LogP contribution in [0.4, 0.5) is 0 Å². The molecule has 0 amide bonds. The lowest BCUT2D eigenvalue weighted by atomic mass is 10.3. The highest BCUT2D eigenvalue weighted by Gasteiger charge is 2.50. The third kappa shape index (κ3) is 2.29. The first-order chi connectivity index (χ1) is 6.86. The molecule has 0 saturated carbocycles. The quantitative estimate of drug-likeness (QED) is 0.727. The Balaban J connectivity index is 2.15. The third-order valence-electron chi connectivity index (χ3n) is 2.95. The topological polar surface area (TPSA) is 43.4 Å². The van der Waals surface area contributed by atoms with Gasteiger partial charge in [-0.1, -0.05) is 37.0 Å². The fourth-order valence-electron chi connectivity index (χ4n) is 1.81. The molecule has 2 aliphatic rings. The van der Waals surface area contributed by atoms with Crippen molar-refractivity contribution in [3.8, 4) is 0 Å². The molecule has 88 valence electrons. The zero-order valence-corrected chi connectivity index (χ0v) is 12.1. The molecule has 2 rings (SSSR count). The molecule has 4 atom stereocenters. The van der Waals surface area contributed by atoms with Crippen molar-refractivity contribution in [1.29, 1.82) is 0 Å². The minimum Gasteiger partial charge on any atom is -0.336 e. The number of hydrogen-bond acceptors (Lipinski definition) is 5. The molecule has 0 aliphatic carbocycles. The average Bonchev–Trinajstić information content (AvgIpc) is 2.53. The van der Waals surface area contributed by atoms with E-state index in [-0.39, 0.29) is 22.9 Å². The summed E-state index contributed by atoms with van der Waals surface area (Å²) in [5.74, 6) is 0.441. The van der Waals surface area contributed by atoms with E-state index >= 15 is 0 Å². The highest BCUT2D eigenvalue weighted by Crippen LogP contribution is 2.72. The van der Waals surface area contributed by atoms with Gasteiger partial charge in [0.05, 0.1) is 22.9 Å². The fraction of sp³-hybridized carbons (Fsp3) is 1.00. The van der Waals surface area contributed by atoms with Crippen molar-refractivity contribution in [2.24, 2.45) is 0 Å². The molecule has 0 N–H and O–H groups in total. The maximum Gasteiger partial charge on any atom is 0.154 e. The second-order valence-corrected chi connectivity index (χ2v) is 13.9. The van der Waals surface area contributed by atoms with Gasteiger partial charge in [0.1, 0.15) is 5.47 Å². The Hall–Kier alpha value is 0.910. The van der Waals surface area contributed by atoms with Crippen LogP contribution in [0.2, 0.25) is 0 Å². The van der Waals surface area contributed by atoms with Crippen molar-refractivity contribution < 1.29 is 12.9 Å². The predicted octanol–water partition coefficient (Wildman–Crippen LogP) is 2.02. The smallest absolute Gasteiger partial charge is 0.154 e. The molecule has 0 spiro atoms. The van der Waals surface area contributed by atoms with Crippen LogP contribution in [0.15, 0.2) is 0 Å². The Bertz CT molecular complexity index is 381. The van der Waals surface area contributed by atoms with Crippen LogP contribution in [0, 0.1) is 0 Å². The van der Waals surface area contributed by atoms with Crippen molar-refractivity contribution in [1.82, 2.24) is 0 Å². The van der Waals surface area contributed by atoms with Crippen LogP contribution in [0.1, 0.15) is 20.3 Å². The molecule has 0 aromatic rings. The van der Waals surface area contributed by atoms with Gasteiger partial charge in [-0.15, -0.1) is 0 Å². The van der Waals surface area contributed by atoms with Crippen LogP contribution >= 0.6 is 16.8 Å². The van der Waals surface area contributed by atoms with Crippen LogP contribution < -0.4 is 0 Å². The van der Waals surface area contributed by atoms with E-state index in [9.17, 15) is 8.42 Å². The van der Waals surface area contributed by atoms with Gasteiger partial charge in [0, 0.05) is 5.66 Å². The maximum atomic E-state index is 11.4. The summed E-state index contributed by atoms with van der Waals surface area (Å²) >= 11 is 7.22. The predicted molar refractivity (Wildman–Crippen MR) is 68.9 cm³/mol. The fourth-order valence-corrected chi connectivity index (χ4v) is 12.2. The van der Waals surface area contributed by atoms with E-state index in [1.165, 1.54) is 0 Å². The molecule has 0 bridgehead atoms. The van der Waals surface area contributed by atoms with Gasteiger partial charge >= 0.3 is 0 Å². The van der Waals surface area contributed by atoms with Crippen LogP contribution in [-0.2, 0) is 26.2 Å². The Morgan fingerprint density at radius 3 is 2.80 bits per heavy atom. The molecule has 0 aromatic carbocycles. The van der Waals surface area contributed by atoms with E-state index < -0.39 is 15.3 Å². The van der Waals surface area contributed by atoms with Crippen molar-refractivity contribution in [2.45, 2.75) is 37.3 Å². The van der Waals surface area contributed by atoms with Gasteiger partial charge in [-0.25, -0.2) is 8.42 Å². The number of sulfone groups is 1. The van der Waals surface area contributed by atoms with E-state index in [4.69, 9.17) is 16.3 Å². The van der Waals surface area contributed by atoms with E-state index in [0.717, 1.165) is 6.42 Å². The van der Waals surface area contributed by atoms with Gasteiger partial charge in [-0.2, -0.15) is 0 Å². The molecule has 7 heteroatoms. The Morgan fingerprint density at radius 1 is 1.60 bits per heavy atom. The molecular formula is C8H15O3PS3. The molecule has 2 fully saturated rings. The molecule has 2 saturated heterocycles. The first-order valence-electron chi connectivity index (χ1n) is 5.03. The van der Waals surface area contributed by atoms with Crippen LogP contribution in [0.5, 0.6) is 0 Å². The second-order valence-electron chi connectivity index (χ2n) is 4.16. The zero-order chi connectivity index (χ0) is 11.3. The van der Waals surface area contributed by atoms with Gasteiger partial charge in [0.25, 0.3) is 0 Å². The highest BCUT2D eigenvalue weighted by molar-refractivity contribution is 8.70. The maximum absolute atomic E-state index is 11.4. The van der Waals surface area contributed by atoms with E-state index in [0.29, 0.717) is 5.66 Å². The molecular weight excluding hydrogens is 271 g/mol. The van der Waals surface area contributed by atoms with Gasteiger partial charge < -0.3 is 4.52 Å². The zero-order valence-electron chi connectivity index (χ0n) is 8.75. The Labute approximate surface area is 100 Å². The monoisotopic (exact) mass is 286 g/mol. The average molecular weight is 286 g/mol. The summed E-state index contributed by atoms with van der Waals surface area (Å²) in [6.07, 6.45) is 0.885.